The van der Waals surface area contributed by atoms with Gasteiger partial charge in [-0.2, -0.15) is 0 Å². The third-order valence-electron chi connectivity index (χ3n) is 5.66. The number of nitrogens with one attached hydrogen (secondary N) is 1. The highest BCUT2D eigenvalue weighted by Gasteiger charge is 2.33. The summed E-state index contributed by atoms with van der Waals surface area (Å²) in [6.45, 7) is 1.41. The van der Waals surface area contributed by atoms with E-state index in [1.54, 1.807) is 31.2 Å². The number of carbonyl (C=O) groups excluding carboxylic acids is 2. The minimum atomic E-state index is -4.04. The molecule has 37 heavy (non-hydrogen) atoms. The average Bonchev–Trinajstić information content (AvgIpc) is 2.85. The molecule has 2 amide bonds. The Morgan fingerprint density at radius 3 is 2.24 bits per heavy atom. The number of hydrogen-bond donors (Lipinski definition) is 1. The molecule has 0 aliphatic rings. The number of likely N-dealkylation sites (N-methyl/N-ethyl adjacent to an activating group) is 1. The standard InChI is InChI=1S/C27H29ClFN3O4S/c1-3-30-27(34)25(17-20-10-5-4-6-11-20)31(18-21-12-9-13-22(28)16-21)26(33)19-32(37(2,35)36)24-15-8-7-14-23(24)29/h4-16,25H,3,17-19H2,1-2H3,(H,30,34)/t25-/m1/s1. The Balaban J connectivity index is 2.05. The smallest absolute Gasteiger partial charge is 0.244 e. The highest BCUT2D eigenvalue weighted by atomic mass is 35.5. The van der Waals surface area contributed by atoms with Crippen molar-refractivity contribution in [3.63, 3.8) is 0 Å². The molecule has 0 saturated carbocycles. The first-order valence-corrected chi connectivity index (χ1v) is 13.9. The van der Waals surface area contributed by atoms with Crippen LogP contribution in [0.5, 0.6) is 0 Å². The maximum atomic E-state index is 14.6. The topological polar surface area (TPSA) is 86.8 Å². The molecule has 0 spiro atoms. The van der Waals surface area contributed by atoms with E-state index >= 15 is 0 Å². The normalized spacial score (nSPS) is 12.0. The third kappa shape index (κ3) is 7.77. The summed E-state index contributed by atoms with van der Waals surface area (Å²) in [5, 5.41) is 3.22. The van der Waals surface area contributed by atoms with E-state index in [4.69, 9.17) is 11.6 Å². The van der Waals surface area contributed by atoms with Crippen LogP contribution in [0.2, 0.25) is 5.02 Å². The molecule has 3 aromatic carbocycles. The number of carbonyl (C=O) groups is 2. The van der Waals surface area contributed by atoms with Gasteiger partial charge in [0.25, 0.3) is 0 Å². The van der Waals surface area contributed by atoms with Gasteiger partial charge in [0.05, 0.1) is 11.9 Å². The molecule has 0 aliphatic heterocycles. The van der Waals surface area contributed by atoms with Crippen LogP contribution in [-0.4, -0.2) is 50.5 Å². The number of rotatable bonds is 11. The van der Waals surface area contributed by atoms with Crippen LogP contribution in [0.15, 0.2) is 78.9 Å². The van der Waals surface area contributed by atoms with Gasteiger partial charge in [-0.3, -0.25) is 13.9 Å². The summed E-state index contributed by atoms with van der Waals surface area (Å²) < 4.78 is 40.6. The van der Waals surface area contributed by atoms with Crippen molar-refractivity contribution in [2.24, 2.45) is 0 Å². The Kier molecular flexibility index (Phi) is 9.66. The molecule has 0 aromatic heterocycles. The molecule has 3 aromatic rings. The predicted octanol–water partition coefficient (Wildman–Crippen LogP) is 4.02. The zero-order valence-corrected chi connectivity index (χ0v) is 22.2. The van der Waals surface area contributed by atoms with E-state index in [1.165, 1.54) is 23.1 Å². The molecule has 0 aliphatic carbocycles. The number of nitrogens with zero attached hydrogens (tertiary/aromatic N) is 2. The quantitative estimate of drug-likeness (QED) is 0.394. The van der Waals surface area contributed by atoms with Gasteiger partial charge in [0.2, 0.25) is 21.8 Å². The van der Waals surface area contributed by atoms with Gasteiger partial charge < -0.3 is 10.2 Å². The van der Waals surface area contributed by atoms with Gasteiger partial charge in [0.1, 0.15) is 18.4 Å². The second-order valence-electron chi connectivity index (χ2n) is 8.47. The lowest BCUT2D eigenvalue weighted by atomic mass is 10.0. The van der Waals surface area contributed by atoms with Crippen LogP contribution >= 0.6 is 11.6 Å². The zero-order valence-electron chi connectivity index (χ0n) is 20.6. The van der Waals surface area contributed by atoms with Gasteiger partial charge in [-0.05, 0) is 42.3 Å². The van der Waals surface area contributed by atoms with Crippen LogP contribution in [0, 0.1) is 5.82 Å². The third-order valence-corrected chi connectivity index (χ3v) is 7.03. The van der Waals surface area contributed by atoms with Gasteiger partial charge >= 0.3 is 0 Å². The number of halogens is 2. The van der Waals surface area contributed by atoms with Crippen molar-refractivity contribution >= 4 is 39.1 Å². The molecular weight excluding hydrogens is 517 g/mol. The van der Waals surface area contributed by atoms with E-state index in [0.29, 0.717) is 21.4 Å². The van der Waals surface area contributed by atoms with E-state index in [9.17, 15) is 22.4 Å². The second-order valence-corrected chi connectivity index (χ2v) is 10.8. The first kappa shape index (κ1) is 28.1. The highest BCUT2D eigenvalue weighted by Crippen LogP contribution is 2.23. The maximum absolute atomic E-state index is 14.6. The Morgan fingerprint density at radius 1 is 0.973 bits per heavy atom. The molecule has 0 radical (unpaired) electrons. The van der Waals surface area contributed by atoms with Gasteiger partial charge in [-0.15, -0.1) is 0 Å². The van der Waals surface area contributed by atoms with Crippen molar-refractivity contribution in [3.8, 4) is 0 Å². The lowest BCUT2D eigenvalue weighted by Crippen LogP contribution is -2.53. The van der Waals surface area contributed by atoms with E-state index in [-0.39, 0.29) is 18.7 Å². The van der Waals surface area contributed by atoms with E-state index in [0.717, 1.165) is 17.9 Å². The van der Waals surface area contributed by atoms with Crippen LogP contribution in [0.25, 0.3) is 0 Å². The van der Waals surface area contributed by atoms with Crippen molar-refractivity contribution in [1.29, 1.82) is 0 Å². The summed E-state index contributed by atoms with van der Waals surface area (Å²) in [6, 6.07) is 20.4. The van der Waals surface area contributed by atoms with Gasteiger partial charge in [0, 0.05) is 24.5 Å². The molecule has 1 N–H and O–H groups in total. The first-order valence-electron chi connectivity index (χ1n) is 11.7. The largest absolute Gasteiger partial charge is 0.355 e. The summed E-state index contributed by atoms with van der Waals surface area (Å²) in [4.78, 5) is 28.4. The lowest BCUT2D eigenvalue weighted by Gasteiger charge is -2.33. The number of para-hydroxylation sites is 1. The molecule has 3 rings (SSSR count). The van der Waals surface area contributed by atoms with Gasteiger partial charge in [-0.1, -0.05) is 66.2 Å². The van der Waals surface area contributed by atoms with Crippen molar-refractivity contribution < 1.29 is 22.4 Å². The highest BCUT2D eigenvalue weighted by molar-refractivity contribution is 7.92. The number of amides is 2. The molecule has 0 heterocycles. The average molecular weight is 546 g/mol. The summed E-state index contributed by atoms with van der Waals surface area (Å²) in [6.07, 6.45) is 1.09. The Labute approximate surface area is 221 Å². The fraction of sp³-hybridized carbons (Fsp3) is 0.259. The fourth-order valence-electron chi connectivity index (χ4n) is 3.93. The van der Waals surface area contributed by atoms with Gasteiger partial charge in [-0.25, -0.2) is 12.8 Å². The Bertz CT molecular complexity index is 1340. The number of sulfonamides is 1. The number of benzene rings is 3. The lowest BCUT2D eigenvalue weighted by molar-refractivity contribution is -0.140. The minimum Gasteiger partial charge on any atom is -0.355 e. The van der Waals surface area contributed by atoms with E-state index in [1.807, 2.05) is 30.3 Å². The second kappa shape index (κ2) is 12.7. The summed E-state index contributed by atoms with van der Waals surface area (Å²) in [7, 11) is -4.04. The van der Waals surface area contributed by atoms with E-state index in [2.05, 4.69) is 5.32 Å². The summed E-state index contributed by atoms with van der Waals surface area (Å²) in [5.41, 5.74) is 1.22. The van der Waals surface area contributed by atoms with E-state index < -0.39 is 40.2 Å². The fourth-order valence-corrected chi connectivity index (χ4v) is 4.99. The molecule has 10 heteroatoms. The monoisotopic (exact) mass is 545 g/mol. The molecule has 0 saturated heterocycles. The molecule has 0 fully saturated rings. The van der Waals surface area contributed by atoms with Crippen LogP contribution in [0.3, 0.4) is 0 Å². The van der Waals surface area contributed by atoms with Crippen LogP contribution in [0.4, 0.5) is 10.1 Å². The summed E-state index contributed by atoms with van der Waals surface area (Å²) in [5.74, 6) is -1.84. The number of anilines is 1. The Hall–Kier alpha value is -3.43. The Morgan fingerprint density at radius 2 is 1.62 bits per heavy atom. The maximum Gasteiger partial charge on any atom is 0.244 e. The van der Waals surface area contributed by atoms with Crippen LogP contribution in [0.1, 0.15) is 18.1 Å². The molecule has 196 valence electrons. The van der Waals surface area contributed by atoms with Crippen LogP contribution in [-0.2, 0) is 32.6 Å². The van der Waals surface area contributed by atoms with Crippen LogP contribution < -0.4 is 9.62 Å². The minimum absolute atomic E-state index is 0.0110. The van der Waals surface area contributed by atoms with Crippen molar-refractivity contribution in [2.75, 3.05) is 23.7 Å². The SMILES string of the molecule is CCNC(=O)[C@@H](Cc1ccccc1)N(Cc1cccc(Cl)c1)C(=O)CN(c1ccccc1F)S(C)(=O)=O. The predicted molar refractivity (Wildman–Crippen MR) is 143 cm³/mol. The summed E-state index contributed by atoms with van der Waals surface area (Å²) >= 11 is 6.16. The molecule has 0 bridgehead atoms. The molecule has 0 unspecified atom stereocenters. The van der Waals surface area contributed by atoms with Crippen molar-refractivity contribution in [3.05, 3.63) is 101 Å². The zero-order chi connectivity index (χ0) is 27.0. The molecular formula is C27H29ClFN3O4S. The van der Waals surface area contributed by atoms with Crippen molar-refractivity contribution in [2.45, 2.75) is 25.9 Å². The molecule has 7 nitrogen and oxygen atoms in total. The molecule has 1 atom stereocenters. The number of hydrogen-bond acceptors (Lipinski definition) is 4. The van der Waals surface area contributed by atoms with Gasteiger partial charge in [0.15, 0.2) is 0 Å². The van der Waals surface area contributed by atoms with Crippen molar-refractivity contribution in [1.82, 2.24) is 10.2 Å². The first-order chi connectivity index (χ1) is 17.6.